The van der Waals surface area contributed by atoms with Crippen LogP contribution < -0.4 is 15.8 Å². The average Bonchev–Trinajstić information content (AvgIpc) is 3.24. The Morgan fingerprint density at radius 3 is 2.59 bits per heavy atom. The molecule has 0 spiro atoms. The van der Waals surface area contributed by atoms with Crippen molar-refractivity contribution in [3.05, 3.63) is 65.2 Å². The Morgan fingerprint density at radius 1 is 1.13 bits per heavy atom. The van der Waals surface area contributed by atoms with Gasteiger partial charge in [-0.15, -0.1) is 0 Å². The minimum Gasteiger partial charge on any atom is -0.484 e. The third-order valence-electron chi connectivity index (χ3n) is 8.92. The Hall–Kier alpha value is -3.37. The molecule has 2 amide bonds. The Balaban J connectivity index is 1.34. The molecule has 3 saturated carbocycles. The maximum atomic E-state index is 13.3. The summed E-state index contributed by atoms with van der Waals surface area (Å²) in [5.41, 5.74) is 6.55. The van der Waals surface area contributed by atoms with E-state index in [1.54, 1.807) is 42.5 Å². The van der Waals surface area contributed by atoms with Gasteiger partial charge in [0.05, 0.1) is 29.6 Å². The van der Waals surface area contributed by atoms with Crippen LogP contribution in [0.15, 0.2) is 48.5 Å². The van der Waals surface area contributed by atoms with Crippen LogP contribution >= 0.6 is 0 Å². The molecule has 4 fully saturated rings. The van der Waals surface area contributed by atoms with Crippen molar-refractivity contribution in [1.29, 1.82) is 0 Å². The second kappa shape index (κ2) is 10.3. The van der Waals surface area contributed by atoms with Crippen molar-refractivity contribution in [3.8, 4) is 5.75 Å². The first kappa shape index (κ1) is 27.2. The first-order chi connectivity index (χ1) is 18.5. The zero-order chi connectivity index (χ0) is 27.9. The zero-order valence-electron chi connectivity index (χ0n) is 22.5. The Labute approximate surface area is 228 Å². The highest BCUT2D eigenvalue weighted by molar-refractivity contribution is 6.48. The maximum absolute atomic E-state index is 13.3. The second-order valence-corrected chi connectivity index (χ2v) is 11.8. The molecule has 3 aliphatic carbocycles. The van der Waals surface area contributed by atoms with E-state index in [1.807, 2.05) is 6.07 Å². The highest BCUT2D eigenvalue weighted by Gasteiger charge is 2.68. The molecule has 2 aromatic carbocycles. The number of nitrogens with one attached hydrogen (secondary N) is 1. The van der Waals surface area contributed by atoms with Gasteiger partial charge in [-0.1, -0.05) is 38.1 Å². The molecule has 10 heteroatoms. The number of carbonyl (C=O) groups is 3. The topological polar surface area (TPSA) is 137 Å². The van der Waals surface area contributed by atoms with E-state index < -0.39 is 30.5 Å². The number of ether oxygens (including phenoxy) is 1. The number of hydrogen-bond donors (Lipinski definition) is 3. The third-order valence-corrected chi connectivity index (χ3v) is 8.92. The number of carbonyl (C=O) groups excluding carboxylic acids is 2. The quantitative estimate of drug-likeness (QED) is 0.399. The molecule has 0 radical (unpaired) electrons. The summed E-state index contributed by atoms with van der Waals surface area (Å²) in [5.74, 6) is -0.954. The van der Waals surface area contributed by atoms with Crippen molar-refractivity contribution in [2.75, 3.05) is 6.61 Å². The van der Waals surface area contributed by atoms with Gasteiger partial charge in [0.2, 0.25) is 5.91 Å². The van der Waals surface area contributed by atoms with E-state index in [9.17, 15) is 19.5 Å². The van der Waals surface area contributed by atoms with E-state index in [0.717, 1.165) is 18.4 Å². The fraction of sp³-hybridized carbons (Fsp3) is 0.483. The molecular weight excluding hydrogens is 499 g/mol. The lowest BCUT2D eigenvalue weighted by molar-refractivity contribution is -0.199. The maximum Gasteiger partial charge on any atom is 0.482 e. The van der Waals surface area contributed by atoms with Crippen molar-refractivity contribution in [3.63, 3.8) is 0 Å². The van der Waals surface area contributed by atoms with Crippen molar-refractivity contribution >= 4 is 24.9 Å². The summed E-state index contributed by atoms with van der Waals surface area (Å²) < 4.78 is 18.5. The molecule has 5 atom stereocenters. The van der Waals surface area contributed by atoms with Crippen LogP contribution in [0.25, 0.3) is 0 Å². The number of carboxylic acid groups (broad SMARTS) is 1. The van der Waals surface area contributed by atoms with Gasteiger partial charge in [-0.05, 0) is 78.8 Å². The summed E-state index contributed by atoms with van der Waals surface area (Å²) in [4.78, 5) is 35.9. The van der Waals surface area contributed by atoms with Crippen molar-refractivity contribution < 1.29 is 33.5 Å². The molecule has 206 valence electrons. The van der Waals surface area contributed by atoms with Crippen LogP contribution in [0.1, 0.15) is 55.1 Å². The van der Waals surface area contributed by atoms with Gasteiger partial charge in [-0.2, -0.15) is 0 Å². The zero-order valence-corrected chi connectivity index (χ0v) is 22.5. The van der Waals surface area contributed by atoms with E-state index in [4.69, 9.17) is 19.8 Å². The lowest BCUT2D eigenvalue weighted by Gasteiger charge is -2.64. The molecular formula is C29H35BN2O7. The summed E-state index contributed by atoms with van der Waals surface area (Å²) in [5, 5.41) is 12.6. The average molecular weight is 534 g/mol. The number of aromatic carboxylic acids is 1. The monoisotopic (exact) mass is 534 g/mol. The first-order valence-corrected chi connectivity index (χ1v) is 13.4. The second-order valence-electron chi connectivity index (χ2n) is 11.8. The molecule has 39 heavy (non-hydrogen) atoms. The number of amides is 2. The molecule has 4 aliphatic rings. The van der Waals surface area contributed by atoms with Crippen LogP contribution in [-0.4, -0.2) is 54.3 Å². The SMILES string of the molecule is CC1(C)C2CC3OB(C(Cc4cccc(C(=O)O)c4)NC(=O)Cc4cccc(OCC(N)=O)c4)OC3(C)C1C2. The molecule has 1 saturated heterocycles. The van der Waals surface area contributed by atoms with E-state index >= 15 is 0 Å². The van der Waals surface area contributed by atoms with Gasteiger partial charge >= 0.3 is 13.1 Å². The summed E-state index contributed by atoms with van der Waals surface area (Å²) in [7, 11) is -0.669. The molecule has 0 aromatic heterocycles. The fourth-order valence-corrected chi connectivity index (χ4v) is 6.71. The molecule has 2 aromatic rings. The van der Waals surface area contributed by atoms with Gasteiger partial charge in [0.1, 0.15) is 5.75 Å². The molecule has 2 bridgehead atoms. The minimum absolute atomic E-state index is 0.0527. The highest BCUT2D eigenvalue weighted by atomic mass is 16.7. The van der Waals surface area contributed by atoms with E-state index in [0.29, 0.717) is 29.6 Å². The van der Waals surface area contributed by atoms with Gasteiger partial charge in [0, 0.05) is 0 Å². The summed E-state index contributed by atoms with van der Waals surface area (Å²) in [6.07, 6.45) is 2.40. The molecule has 5 unspecified atom stereocenters. The van der Waals surface area contributed by atoms with Crippen molar-refractivity contribution in [2.24, 2.45) is 23.0 Å². The van der Waals surface area contributed by atoms with Crippen molar-refractivity contribution in [2.45, 2.75) is 64.1 Å². The summed E-state index contributed by atoms with van der Waals surface area (Å²) in [6, 6.07) is 13.6. The molecule has 6 rings (SSSR count). The Bertz CT molecular complexity index is 1280. The van der Waals surface area contributed by atoms with E-state index in [2.05, 4.69) is 26.1 Å². The van der Waals surface area contributed by atoms with Crippen LogP contribution in [0, 0.1) is 17.3 Å². The number of primary amides is 1. The molecule has 9 nitrogen and oxygen atoms in total. The van der Waals surface area contributed by atoms with E-state index in [1.165, 1.54) is 0 Å². The predicted molar refractivity (Wildman–Crippen MR) is 144 cm³/mol. The van der Waals surface area contributed by atoms with Crippen molar-refractivity contribution in [1.82, 2.24) is 5.32 Å². The van der Waals surface area contributed by atoms with Gasteiger partial charge < -0.3 is 30.2 Å². The first-order valence-electron chi connectivity index (χ1n) is 13.4. The molecule has 4 N–H and O–H groups in total. The Morgan fingerprint density at radius 2 is 1.87 bits per heavy atom. The predicted octanol–water partition coefficient (Wildman–Crippen LogP) is 2.79. The summed E-state index contributed by atoms with van der Waals surface area (Å²) >= 11 is 0. The number of hydrogen-bond acceptors (Lipinski definition) is 6. The highest BCUT2D eigenvalue weighted by Crippen LogP contribution is 2.65. The Kier molecular flexibility index (Phi) is 7.20. The van der Waals surface area contributed by atoms with Gasteiger partial charge in [0.15, 0.2) is 6.61 Å². The lowest BCUT2D eigenvalue weighted by Crippen LogP contribution is -2.65. The number of carboxylic acids is 1. The number of rotatable bonds is 10. The standard InChI is InChI=1S/C29H35BN2O7/c1-28(2)20-14-22(28)29(3)23(15-20)38-30(39-29)24(12-17-6-4-8-19(10-17)27(35)36)32-26(34)13-18-7-5-9-21(11-18)37-16-25(31)33/h4-11,20,22-24H,12-16H2,1-3H3,(H2,31,33)(H,32,34)(H,35,36). The lowest BCUT2D eigenvalue weighted by atomic mass is 9.43. The van der Waals surface area contributed by atoms with Gasteiger partial charge in [0.25, 0.3) is 5.91 Å². The normalized spacial score (nSPS) is 27.2. The smallest absolute Gasteiger partial charge is 0.482 e. The molecule has 1 aliphatic heterocycles. The van der Waals surface area contributed by atoms with Crippen LogP contribution in [0.5, 0.6) is 5.75 Å². The minimum atomic E-state index is -1.01. The fourth-order valence-electron chi connectivity index (χ4n) is 6.71. The van der Waals surface area contributed by atoms with Crippen LogP contribution in [-0.2, 0) is 31.7 Å². The number of benzene rings is 2. The summed E-state index contributed by atoms with van der Waals surface area (Å²) in [6.45, 7) is 6.47. The van der Waals surface area contributed by atoms with Crippen LogP contribution in [0.3, 0.4) is 0 Å². The van der Waals surface area contributed by atoms with Crippen LogP contribution in [0.2, 0.25) is 0 Å². The third kappa shape index (κ3) is 5.40. The largest absolute Gasteiger partial charge is 0.484 e. The molecule has 1 heterocycles. The van der Waals surface area contributed by atoms with Gasteiger partial charge in [-0.3, -0.25) is 9.59 Å². The van der Waals surface area contributed by atoms with Gasteiger partial charge in [-0.25, -0.2) is 4.79 Å². The van der Waals surface area contributed by atoms with Crippen LogP contribution in [0.4, 0.5) is 0 Å². The van der Waals surface area contributed by atoms with E-state index in [-0.39, 0.29) is 36.0 Å². The number of nitrogens with two attached hydrogens (primary N) is 1.